The summed E-state index contributed by atoms with van der Waals surface area (Å²) in [6.07, 6.45) is 7.43. The molecule has 2 aromatic rings. The third-order valence-electron chi connectivity index (χ3n) is 10.7. The van der Waals surface area contributed by atoms with Gasteiger partial charge in [0.05, 0.1) is 12.0 Å². The van der Waals surface area contributed by atoms with Crippen LogP contribution in [0.2, 0.25) is 10.2 Å². The van der Waals surface area contributed by atoms with Gasteiger partial charge < -0.3 is 10.1 Å². The Morgan fingerprint density at radius 2 is 1.83 bits per heavy atom. The number of Topliss-reactive ketones (excluding diaryl/α,β-unsaturated/α-hetero) is 2. The highest BCUT2D eigenvalue weighted by Gasteiger charge is 2.72. The van der Waals surface area contributed by atoms with Gasteiger partial charge in [-0.15, -0.1) is 0 Å². The summed E-state index contributed by atoms with van der Waals surface area (Å²) in [5.74, 6) is -0.556. The Bertz CT molecular complexity index is 1390. The fraction of sp³-hybridized carbons (Fsp3) is 0.576. The number of nitrogens with one attached hydrogen (secondary N) is 1. The molecule has 3 fully saturated rings. The van der Waals surface area contributed by atoms with Gasteiger partial charge in [-0.3, -0.25) is 14.4 Å². The van der Waals surface area contributed by atoms with E-state index in [4.69, 9.17) is 27.9 Å². The normalized spacial score (nSPS) is 31.7. The number of benzene rings is 1. The van der Waals surface area contributed by atoms with Gasteiger partial charge in [0.2, 0.25) is 5.91 Å². The molecule has 2 spiro atoms. The number of carbonyl (C=O) groups is 3. The molecule has 218 valence electrons. The SMILES string of the molecule is CC(=O)[C@@H]1CC[C@@H](CC(=O)[C@@H]2CC3(CCC(C)(C)CC3)[C@@]3(C(=O)Nc4cc(Cl)ccc43)[C@H]2c2ccnc(Cl)c2)CO1. The maximum absolute atomic E-state index is 14.6. The minimum atomic E-state index is -0.933. The third kappa shape index (κ3) is 4.74. The van der Waals surface area contributed by atoms with E-state index in [0.717, 1.165) is 48.9 Å². The minimum absolute atomic E-state index is 0.0373. The second-order valence-electron chi connectivity index (χ2n) is 13.6. The summed E-state index contributed by atoms with van der Waals surface area (Å²) >= 11 is 12.9. The quantitative estimate of drug-likeness (QED) is 0.366. The number of aromatic nitrogens is 1. The lowest BCUT2D eigenvalue weighted by Crippen LogP contribution is -2.52. The van der Waals surface area contributed by atoms with Crippen molar-refractivity contribution < 1.29 is 19.1 Å². The summed E-state index contributed by atoms with van der Waals surface area (Å²) in [5.41, 5.74) is 1.40. The van der Waals surface area contributed by atoms with E-state index in [-0.39, 0.29) is 40.8 Å². The molecular formula is C33H38Cl2N2O4. The van der Waals surface area contributed by atoms with Crippen LogP contribution in [0.1, 0.15) is 89.2 Å². The van der Waals surface area contributed by atoms with Crippen molar-refractivity contribution in [1.29, 1.82) is 0 Å². The Morgan fingerprint density at radius 1 is 1.07 bits per heavy atom. The Hall–Kier alpha value is -2.28. The van der Waals surface area contributed by atoms with Crippen LogP contribution in [0.25, 0.3) is 0 Å². The molecule has 1 N–H and O–H groups in total. The van der Waals surface area contributed by atoms with Crippen LogP contribution >= 0.6 is 23.2 Å². The van der Waals surface area contributed by atoms with E-state index >= 15 is 0 Å². The number of hydrogen-bond donors (Lipinski definition) is 1. The molecule has 1 saturated heterocycles. The van der Waals surface area contributed by atoms with Crippen LogP contribution in [-0.2, 0) is 24.5 Å². The zero-order valence-electron chi connectivity index (χ0n) is 24.0. The van der Waals surface area contributed by atoms with Crippen molar-refractivity contribution in [3.8, 4) is 0 Å². The molecule has 3 heterocycles. The number of ether oxygens (including phenoxy) is 1. The molecule has 4 aliphatic rings. The molecule has 6 rings (SSSR count). The molecule has 0 radical (unpaired) electrons. The van der Waals surface area contributed by atoms with Crippen molar-refractivity contribution in [2.75, 3.05) is 11.9 Å². The van der Waals surface area contributed by atoms with Crippen molar-refractivity contribution in [3.63, 3.8) is 0 Å². The molecule has 41 heavy (non-hydrogen) atoms. The van der Waals surface area contributed by atoms with Crippen molar-refractivity contribution in [3.05, 3.63) is 57.8 Å². The first-order valence-electron chi connectivity index (χ1n) is 14.8. The molecular weight excluding hydrogens is 559 g/mol. The van der Waals surface area contributed by atoms with Crippen LogP contribution in [-0.4, -0.2) is 35.2 Å². The van der Waals surface area contributed by atoms with E-state index in [9.17, 15) is 14.4 Å². The zero-order valence-corrected chi connectivity index (χ0v) is 25.5. The molecule has 0 unspecified atom stereocenters. The summed E-state index contributed by atoms with van der Waals surface area (Å²) in [7, 11) is 0. The lowest BCUT2D eigenvalue weighted by molar-refractivity contribution is -0.134. The van der Waals surface area contributed by atoms with E-state index in [2.05, 4.69) is 24.1 Å². The average molecular weight is 598 g/mol. The number of nitrogens with zero attached hydrogens (tertiary/aromatic N) is 1. The minimum Gasteiger partial charge on any atom is -0.370 e. The number of carbonyl (C=O) groups excluding carboxylic acids is 3. The number of pyridine rings is 1. The molecule has 1 amide bonds. The standard InChI is InChI=1S/C33H38Cl2N2O4/c1-19(38)27-7-4-20(18-41-27)14-26(39)23-17-32(11-9-31(2,3)10-12-32)33(29(23)21-8-13-36-28(35)15-21)24-6-5-22(34)16-25(24)37-30(33)40/h5-6,8,13,15-16,20,23,27,29H,4,7,9-12,14,17-18H2,1-3H3,(H,37,40)/t20-,23-,27-,29-,33+/m0/s1. The largest absolute Gasteiger partial charge is 0.370 e. The average Bonchev–Trinajstić information content (AvgIpc) is 3.38. The van der Waals surface area contributed by atoms with Crippen molar-refractivity contribution in [1.82, 2.24) is 4.98 Å². The number of anilines is 1. The number of rotatable bonds is 5. The lowest BCUT2D eigenvalue weighted by Gasteiger charge is -2.51. The van der Waals surface area contributed by atoms with Crippen LogP contribution in [0.5, 0.6) is 0 Å². The third-order valence-corrected chi connectivity index (χ3v) is 11.2. The smallest absolute Gasteiger partial charge is 0.236 e. The van der Waals surface area contributed by atoms with Gasteiger partial charge in [0, 0.05) is 35.2 Å². The van der Waals surface area contributed by atoms with Crippen LogP contribution in [0, 0.1) is 22.7 Å². The molecule has 2 saturated carbocycles. The van der Waals surface area contributed by atoms with E-state index in [0.29, 0.717) is 36.0 Å². The second kappa shape index (κ2) is 10.5. The monoisotopic (exact) mass is 596 g/mol. The van der Waals surface area contributed by atoms with Gasteiger partial charge in [-0.2, -0.15) is 0 Å². The van der Waals surface area contributed by atoms with E-state index in [1.807, 2.05) is 30.3 Å². The van der Waals surface area contributed by atoms with Crippen LogP contribution in [0.4, 0.5) is 5.69 Å². The summed E-state index contributed by atoms with van der Waals surface area (Å²) in [4.78, 5) is 45.1. The summed E-state index contributed by atoms with van der Waals surface area (Å²) < 4.78 is 5.84. The highest BCUT2D eigenvalue weighted by molar-refractivity contribution is 6.31. The first-order chi connectivity index (χ1) is 19.5. The fourth-order valence-corrected chi connectivity index (χ4v) is 8.95. The van der Waals surface area contributed by atoms with Crippen LogP contribution in [0.3, 0.4) is 0 Å². The number of halogens is 2. The van der Waals surface area contributed by atoms with Gasteiger partial charge in [-0.25, -0.2) is 4.98 Å². The molecule has 0 bridgehead atoms. The highest BCUT2D eigenvalue weighted by atomic mass is 35.5. The van der Waals surface area contributed by atoms with Crippen molar-refractivity contribution >= 4 is 46.4 Å². The van der Waals surface area contributed by atoms with E-state index in [1.165, 1.54) is 0 Å². The first-order valence-corrected chi connectivity index (χ1v) is 15.6. The fourth-order valence-electron chi connectivity index (χ4n) is 8.59. The predicted octanol–water partition coefficient (Wildman–Crippen LogP) is 7.31. The number of ketones is 2. The van der Waals surface area contributed by atoms with Crippen molar-refractivity contribution in [2.45, 2.75) is 89.6 Å². The first kappa shape index (κ1) is 28.8. The van der Waals surface area contributed by atoms with Gasteiger partial charge in [-0.1, -0.05) is 43.1 Å². The number of fused-ring (bicyclic) bond motifs is 3. The van der Waals surface area contributed by atoms with E-state index in [1.54, 1.807) is 13.1 Å². The molecule has 8 heteroatoms. The number of amides is 1. The Morgan fingerprint density at radius 3 is 2.49 bits per heavy atom. The van der Waals surface area contributed by atoms with E-state index < -0.39 is 16.7 Å². The van der Waals surface area contributed by atoms with Gasteiger partial charge in [-0.05, 0) is 104 Å². The summed E-state index contributed by atoms with van der Waals surface area (Å²) in [5, 5.41) is 4.11. The van der Waals surface area contributed by atoms with Crippen LogP contribution < -0.4 is 5.32 Å². The predicted molar refractivity (Wildman–Crippen MR) is 159 cm³/mol. The molecule has 5 atom stereocenters. The topological polar surface area (TPSA) is 85.4 Å². The number of hydrogen-bond acceptors (Lipinski definition) is 5. The Kier molecular flexibility index (Phi) is 7.36. The van der Waals surface area contributed by atoms with Gasteiger partial charge in [0.25, 0.3) is 0 Å². The van der Waals surface area contributed by atoms with Gasteiger partial charge in [0.15, 0.2) is 5.78 Å². The second-order valence-corrected chi connectivity index (χ2v) is 14.5. The molecule has 2 aliphatic carbocycles. The van der Waals surface area contributed by atoms with Crippen molar-refractivity contribution in [2.24, 2.45) is 22.7 Å². The summed E-state index contributed by atoms with van der Waals surface area (Å²) in [6, 6.07) is 9.45. The van der Waals surface area contributed by atoms with Gasteiger partial charge >= 0.3 is 0 Å². The highest BCUT2D eigenvalue weighted by Crippen LogP contribution is 2.72. The maximum Gasteiger partial charge on any atom is 0.236 e. The molecule has 1 aromatic carbocycles. The maximum atomic E-state index is 14.6. The Labute approximate surface area is 251 Å². The molecule has 2 aliphatic heterocycles. The lowest BCUT2D eigenvalue weighted by atomic mass is 9.51. The summed E-state index contributed by atoms with van der Waals surface area (Å²) in [6.45, 7) is 6.55. The Balaban J connectivity index is 1.46. The zero-order chi connectivity index (χ0) is 29.2. The molecule has 1 aromatic heterocycles. The molecule has 6 nitrogen and oxygen atoms in total. The van der Waals surface area contributed by atoms with Gasteiger partial charge in [0.1, 0.15) is 17.0 Å². The van der Waals surface area contributed by atoms with Crippen LogP contribution in [0.15, 0.2) is 36.5 Å².